The Morgan fingerprint density at radius 3 is 2.48 bits per heavy atom. The number of hydrogen-bond acceptors (Lipinski definition) is 8. The number of esters is 1. The fourth-order valence-electron chi connectivity index (χ4n) is 3.70. The molecule has 1 atom stereocenters. The number of carbonyl (C=O) groups excluding carboxylic acids is 2. The standard InChI is InChI=1S/C23H23N5O5/c1-13-19(21(29)27-17-10-9-16(31-2)11-18(17)32-3)20(28-23(26-13)24-12-25-28)14-5-7-15(8-6-14)22(30)33-4/h5-12,20H,1-4H3,(H,27,29)(H,24,25,26). The lowest BCUT2D eigenvalue weighted by atomic mass is 9.94. The van der Waals surface area contributed by atoms with Crippen LogP contribution >= 0.6 is 0 Å². The molecule has 0 bridgehead atoms. The van der Waals surface area contributed by atoms with Crippen molar-refractivity contribution in [3.63, 3.8) is 0 Å². The van der Waals surface area contributed by atoms with Crippen LogP contribution in [-0.2, 0) is 9.53 Å². The van der Waals surface area contributed by atoms with Crippen LogP contribution in [0.2, 0.25) is 0 Å². The topological polar surface area (TPSA) is 117 Å². The fourth-order valence-corrected chi connectivity index (χ4v) is 3.70. The summed E-state index contributed by atoms with van der Waals surface area (Å²) < 4.78 is 17.0. The molecule has 0 saturated carbocycles. The molecule has 1 aliphatic rings. The summed E-state index contributed by atoms with van der Waals surface area (Å²) in [6, 6.07) is 11.4. The maximum absolute atomic E-state index is 13.5. The first-order chi connectivity index (χ1) is 16.0. The molecule has 0 saturated heterocycles. The number of benzene rings is 2. The van der Waals surface area contributed by atoms with Crippen LogP contribution in [0.1, 0.15) is 28.9 Å². The van der Waals surface area contributed by atoms with E-state index in [4.69, 9.17) is 14.2 Å². The Hall–Kier alpha value is -4.34. The van der Waals surface area contributed by atoms with Crippen molar-refractivity contribution in [2.24, 2.45) is 0 Å². The number of carbonyl (C=O) groups is 2. The molecule has 4 rings (SSSR count). The largest absolute Gasteiger partial charge is 0.497 e. The van der Waals surface area contributed by atoms with E-state index in [-0.39, 0.29) is 5.91 Å². The molecule has 10 heteroatoms. The number of nitrogens with zero attached hydrogens (tertiary/aromatic N) is 3. The molecule has 0 fully saturated rings. The van der Waals surface area contributed by atoms with Gasteiger partial charge in [0.15, 0.2) is 0 Å². The van der Waals surface area contributed by atoms with Crippen molar-refractivity contribution in [1.82, 2.24) is 14.8 Å². The zero-order valence-electron chi connectivity index (χ0n) is 18.6. The first-order valence-corrected chi connectivity index (χ1v) is 10.1. The smallest absolute Gasteiger partial charge is 0.337 e. The highest BCUT2D eigenvalue weighted by atomic mass is 16.5. The minimum Gasteiger partial charge on any atom is -0.497 e. The van der Waals surface area contributed by atoms with Crippen LogP contribution in [0.3, 0.4) is 0 Å². The molecule has 2 N–H and O–H groups in total. The maximum Gasteiger partial charge on any atom is 0.337 e. The van der Waals surface area contributed by atoms with Crippen molar-refractivity contribution in [1.29, 1.82) is 0 Å². The molecule has 0 aliphatic carbocycles. The zero-order chi connectivity index (χ0) is 23.5. The molecule has 1 aromatic heterocycles. The maximum atomic E-state index is 13.5. The molecule has 0 radical (unpaired) electrons. The van der Waals surface area contributed by atoms with E-state index in [9.17, 15) is 9.59 Å². The zero-order valence-corrected chi connectivity index (χ0v) is 18.6. The van der Waals surface area contributed by atoms with Crippen molar-refractivity contribution in [2.45, 2.75) is 13.0 Å². The fraction of sp³-hybridized carbons (Fsp3) is 0.217. The summed E-state index contributed by atoms with van der Waals surface area (Å²) in [4.78, 5) is 29.6. The van der Waals surface area contributed by atoms with Crippen LogP contribution in [0.25, 0.3) is 0 Å². The van der Waals surface area contributed by atoms with Crippen LogP contribution < -0.4 is 20.1 Å². The number of aromatic nitrogens is 3. The number of allylic oxidation sites excluding steroid dienone is 1. The van der Waals surface area contributed by atoms with Crippen molar-refractivity contribution in [3.8, 4) is 11.5 Å². The first-order valence-electron chi connectivity index (χ1n) is 10.1. The van der Waals surface area contributed by atoms with E-state index in [0.717, 1.165) is 5.56 Å². The SMILES string of the molecule is COC(=O)c1ccc(C2C(C(=O)Nc3ccc(OC)cc3OC)=C(C)Nc3ncnn32)cc1. The second kappa shape index (κ2) is 9.03. The monoisotopic (exact) mass is 449 g/mol. The summed E-state index contributed by atoms with van der Waals surface area (Å²) in [6.45, 7) is 1.80. The van der Waals surface area contributed by atoms with Gasteiger partial charge in [0.05, 0.1) is 38.2 Å². The molecule has 1 aliphatic heterocycles. The number of amides is 1. The number of ether oxygens (including phenoxy) is 3. The van der Waals surface area contributed by atoms with Crippen molar-refractivity contribution in [3.05, 3.63) is 71.2 Å². The molecule has 3 aromatic rings. The molecule has 0 spiro atoms. The molecule has 170 valence electrons. The number of hydrogen-bond donors (Lipinski definition) is 2. The lowest BCUT2D eigenvalue weighted by molar-refractivity contribution is -0.113. The van der Waals surface area contributed by atoms with Crippen LogP contribution in [0, 0.1) is 0 Å². The minimum absolute atomic E-state index is 0.341. The van der Waals surface area contributed by atoms with Crippen molar-refractivity contribution < 1.29 is 23.8 Å². The second-order valence-electron chi connectivity index (χ2n) is 7.23. The van der Waals surface area contributed by atoms with Gasteiger partial charge in [0, 0.05) is 11.8 Å². The van der Waals surface area contributed by atoms with Crippen LogP contribution in [0.4, 0.5) is 11.6 Å². The molecule has 1 amide bonds. The third-order valence-electron chi connectivity index (χ3n) is 5.34. The highest BCUT2D eigenvalue weighted by molar-refractivity contribution is 6.06. The summed E-state index contributed by atoms with van der Waals surface area (Å²) in [6.07, 6.45) is 1.42. The Morgan fingerprint density at radius 1 is 1.06 bits per heavy atom. The average molecular weight is 449 g/mol. The van der Waals surface area contributed by atoms with Gasteiger partial charge in [0.25, 0.3) is 5.91 Å². The van der Waals surface area contributed by atoms with Gasteiger partial charge >= 0.3 is 5.97 Å². The highest BCUT2D eigenvalue weighted by Crippen LogP contribution is 2.36. The highest BCUT2D eigenvalue weighted by Gasteiger charge is 2.33. The van der Waals surface area contributed by atoms with E-state index in [2.05, 4.69) is 20.7 Å². The third-order valence-corrected chi connectivity index (χ3v) is 5.34. The third kappa shape index (κ3) is 4.10. The van der Waals surface area contributed by atoms with Gasteiger partial charge < -0.3 is 24.8 Å². The number of methoxy groups -OCH3 is 3. The Balaban J connectivity index is 1.72. The Bertz CT molecular complexity index is 1230. The van der Waals surface area contributed by atoms with Crippen LogP contribution in [0.15, 0.2) is 60.1 Å². The minimum atomic E-state index is -0.570. The van der Waals surface area contributed by atoms with Gasteiger partial charge in [-0.15, -0.1) is 0 Å². The predicted molar refractivity (Wildman–Crippen MR) is 120 cm³/mol. The van der Waals surface area contributed by atoms with E-state index in [1.807, 2.05) is 0 Å². The summed E-state index contributed by atoms with van der Waals surface area (Å²) >= 11 is 0. The van der Waals surface area contributed by atoms with E-state index in [0.29, 0.717) is 40.0 Å². The molecule has 33 heavy (non-hydrogen) atoms. The van der Waals surface area contributed by atoms with Crippen molar-refractivity contribution in [2.75, 3.05) is 32.0 Å². The molecule has 2 aromatic carbocycles. The number of fused-ring (bicyclic) bond motifs is 1. The van der Waals surface area contributed by atoms with Crippen LogP contribution in [0.5, 0.6) is 11.5 Å². The summed E-state index contributed by atoms with van der Waals surface area (Å²) in [5.41, 5.74) is 2.72. The van der Waals surface area contributed by atoms with Gasteiger partial charge in [0.1, 0.15) is 23.9 Å². The molecule has 1 unspecified atom stereocenters. The van der Waals surface area contributed by atoms with E-state index < -0.39 is 12.0 Å². The number of nitrogens with one attached hydrogen (secondary N) is 2. The van der Waals surface area contributed by atoms with Gasteiger partial charge in [-0.2, -0.15) is 10.1 Å². The van der Waals surface area contributed by atoms with Crippen molar-refractivity contribution >= 4 is 23.5 Å². The van der Waals surface area contributed by atoms with Gasteiger partial charge in [-0.1, -0.05) is 12.1 Å². The van der Waals surface area contributed by atoms with Gasteiger partial charge in [0.2, 0.25) is 5.95 Å². The number of rotatable bonds is 6. The predicted octanol–water partition coefficient (Wildman–Crippen LogP) is 3.01. The Kier molecular flexibility index (Phi) is 5.99. The van der Waals surface area contributed by atoms with Gasteiger partial charge in [-0.3, -0.25) is 4.79 Å². The summed E-state index contributed by atoms with van der Waals surface area (Å²) in [5.74, 6) is 0.796. The molecular formula is C23H23N5O5. The van der Waals surface area contributed by atoms with E-state index in [1.165, 1.54) is 20.5 Å². The first kappa shape index (κ1) is 21.9. The Morgan fingerprint density at radius 2 is 1.82 bits per heavy atom. The number of anilines is 2. The van der Waals surface area contributed by atoms with E-state index >= 15 is 0 Å². The molecular weight excluding hydrogens is 426 g/mol. The lowest BCUT2D eigenvalue weighted by Gasteiger charge is -2.29. The van der Waals surface area contributed by atoms with E-state index in [1.54, 1.807) is 61.2 Å². The summed E-state index contributed by atoms with van der Waals surface area (Å²) in [5, 5.41) is 10.4. The second-order valence-corrected chi connectivity index (χ2v) is 7.23. The van der Waals surface area contributed by atoms with Gasteiger partial charge in [-0.25, -0.2) is 9.48 Å². The molecule has 10 nitrogen and oxygen atoms in total. The average Bonchev–Trinajstić information content (AvgIpc) is 3.30. The summed E-state index contributed by atoms with van der Waals surface area (Å²) in [7, 11) is 4.40. The lowest BCUT2D eigenvalue weighted by Crippen LogP contribution is -2.31. The van der Waals surface area contributed by atoms with Gasteiger partial charge in [-0.05, 0) is 36.8 Å². The quantitative estimate of drug-likeness (QED) is 0.552. The van der Waals surface area contributed by atoms with Crippen LogP contribution in [-0.4, -0.2) is 48.0 Å². The molecule has 2 heterocycles. The normalized spacial score (nSPS) is 14.7. The Labute approximate surface area is 190 Å².